The highest BCUT2D eigenvalue weighted by Crippen LogP contribution is 2.25. The van der Waals surface area contributed by atoms with Gasteiger partial charge >= 0.3 is 0 Å². The van der Waals surface area contributed by atoms with Crippen molar-refractivity contribution < 1.29 is 9.21 Å². The Kier molecular flexibility index (Phi) is 5.23. The molecule has 3 rings (SSSR count). The largest absolute Gasteiger partial charge is 0.461 e. The quantitative estimate of drug-likeness (QED) is 0.687. The van der Waals surface area contributed by atoms with Crippen molar-refractivity contribution in [1.29, 1.82) is 0 Å². The van der Waals surface area contributed by atoms with Gasteiger partial charge in [-0.2, -0.15) is 0 Å². The van der Waals surface area contributed by atoms with Crippen molar-refractivity contribution in [3.05, 3.63) is 53.8 Å². The van der Waals surface area contributed by atoms with E-state index in [1.54, 1.807) is 12.3 Å². The molecule has 1 amide bonds. The third kappa shape index (κ3) is 4.11. The number of nitrogens with zero attached hydrogens (tertiary/aromatic N) is 3. The van der Waals surface area contributed by atoms with Gasteiger partial charge in [0.15, 0.2) is 16.7 Å². The van der Waals surface area contributed by atoms with E-state index in [1.165, 1.54) is 17.3 Å². The fraction of sp³-hybridized carbons (Fsp3) is 0.278. The first kappa shape index (κ1) is 17.3. The molecule has 0 radical (unpaired) electrons. The van der Waals surface area contributed by atoms with Crippen LogP contribution in [0.15, 0.2) is 52.2 Å². The zero-order chi connectivity index (χ0) is 17.8. The number of amides is 1. The van der Waals surface area contributed by atoms with Crippen LogP contribution in [0, 0.1) is 6.92 Å². The minimum atomic E-state index is -0.280. The minimum Gasteiger partial charge on any atom is -0.461 e. The van der Waals surface area contributed by atoms with Gasteiger partial charge in [-0.1, -0.05) is 41.6 Å². The number of hydrogen-bond acceptors (Lipinski definition) is 5. The van der Waals surface area contributed by atoms with Gasteiger partial charge in [0.05, 0.1) is 11.5 Å². The van der Waals surface area contributed by atoms with Gasteiger partial charge in [0.2, 0.25) is 5.91 Å². The van der Waals surface area contributed by atoms with Crippen LogP contribution < -0.4 is 5.32 Å². The standard InChI is InChI=1S/C18H20N4O2S/c1-12-6-8-14(9-7-12)11-19-17(23)13(2)25-18-21-20-16(22(18)3)15-5-4-10-24-15/h4-10,13H,11H2,1-3H3,(H,19,23)/t13-/m0/s1. The zero-order valence-corrected chi connectivity index (χ0v) is 15.2. The van der Waals surface area contributed by atoms with Gasteiger partial charge in [0.1, 0.15) is 0 Å². The highest BCUT2D eigenvalue weighted by Gasteiger charge is 2.19. The predicted octanol–water partition coefficient (Wildman–Crippen LogP) is 3.18. The molecule has 1 N–H and O–H groups in total. The molecule has 0 saturated carbocycles. The van der Waals surface area contributed by atoms with Gasteiger partial charge in [0.25, 0.3) is 0 Å². The molecule has 3 aromatic rings. The fourth-order valence-corrected chi connectivity index (χ4v) is 3.13. The number of thioether (sulfide) groups is 1. The second kappa shape index (κ2) is 7.57. The van der Waals surface area contributed by atoms with E-state index in [9.17, 15) is 4.79 Å². The maximum absolute atomic E-state index is 12.3. The Morgan fingerprint density at radius 3 is 2.72 bits per heavy atom. The van der Waals surface area contributed by atoms with Crippen molar-refractivity contribution in [2.75, 3.05) is 0 Å². The van der Waals surface area contributed by atoms with Crippen molar-refractivity contribution in [3.8, 4) is 11.6 Å². The number of benzene rings is 1. The number of hydrogen-bond donors (Lipinski definition) is 1. The Labute approximate surface area is 150 Å². The second-order valence-electron chi connectivity index (χ2n) is 5.81. The predicted molar refractivity (Wildman–Crippen MR) is 97.0 cm³/mol. The Morgan fingerprint density at radius 2 is 2.04 bits per heavy atom. The monoisotopic (exact) mass is 356 g/mol. The van der Waals surface area contributed by atoms with Gasteiger partial charge in [-0.05, 0) is 31.5 Å². The second-order valence-corrected chi connectivity index (χ2v) is 7.11. The van der Waals surface area contributed by atoms with E-state index in [4.69, 9.17) is 4.42 Å². The summed E-state index contributed by atoms with van der Waals surface area (Å²) < 4.78 is 7.18. The van der Waals surface area contributed by atoms with Crippen LogP contribution in [0.3, 0.4) is 0 Å². The van der Waals surface area contributed by atoms with Crippen LogP contribution in [-0.2, 0) is 18.4 Å². The molecule has 2 aromatic heterocycles. The van der Waals surface area contributed by atoms with Crippen LogP contribution in [0.2, 0.25) is 0 Å². The number of aromatic nitrogens is 3. The molecule has 130 valence electrons. The Bertz CT molecular complexity index is 841. The highest BCUT2D eigenvalue weighted by molar-refractivity contribution is 8.00. The molecule has 0 bridgehead atoms. The topological polar surface area (TPSA) is 73.0 Å². The van der Waals surface area contributed by atoms with Crippen molar-refractivity contribution in [2.24, 2.45) is 7.05 Å². The molecule has 0 fully saturated rings. The molecule has 0 aliphatic heterocycles. The molecule has 25 heavy (non-hydrogen) atoms. The van der Waals surface area contributed by atoms with Crippen molar-refractivity contribution in [3.63, 3.8) is 0 Å². The lowest BCUT2D eigenvalue weighted by Gasteiger charge is -2.11. The zero-order valence-electron chi connectivity index (χ0n) is 14.4. The highest BCUT2D eigenvalue weighted by atomic mass is 32.2. The molecule has 0 spiro atoms. The third-order valence-corrected chi connectivity index (χ3v) is 4.95. The molecule has 2 heterocycles. The average molecular weight is 356 g/mol. The number of nitrogens with one attached hydrogen (secondary N) is 1. The van der Waals surface area contributed by atoms with Crippen LogP contribution in [0.5, 0.6) is 0 Å². The lowest BCUT2D eigenvalue weighted by Crippen LogP contribution is -2.30. The number of furan rings is 1. The Hall–Kier alpha value is -2.54. The van der Waals surface area contributed by atoms with Crippen LogP contribution in [0.1, 0.15) is 18.1 Å². The van der Waals surface area contributed by atoms with Gasteiger partial charge in [0, 0.05) is 13.6 Å². The first-order chi connectivity index (χ1) is 12.0. The fourth-order valence-electron chi connectivity index (χ4n) is 2.29. The molecule has 6 nitrogen and oxygen atoms in total. The summed E-state index contributed by atoms with van der Waals surface area (Å²) in [6.07, 6.45) is 1.60. The van der Waals surface area contributed by atoms with Gasteiger partial charge in [-0.15, -0.1) is 10.2 Å². The lowest BCUT2D eigenvalue weighted by molar-refractivity contribution is -0.120. The summed E-state index contributed by atoms with van der Waals surface area (Å²) >= 11 is 1.37. The summed E-state index contributed by atoms with van der Waals surface area (Å²) in [5, 5.41) is 11.6. The van der Waals surface area contributed by atoms with E-state index >= 15 is 0 Å². The third-order valence-electron chi connectivity index (χ3n) is 3.82. The normalized spacial score (nSPS) is 12.1. The maximum atomic E-state index is 12.3. The van der Waals surface area contributed by atoms with E-state index in [-0.39, 0.29) is 11.2 Å². The van der Waals surface area contributed by atoms with E-state index in [2.05, 4.69) is 15.5 Å². The Morgan fingerprint density at radius 1 is 1.28 bits per heavy atom. The van der Waals surface area contributed by atoms with E-state index in [0.717, 1.165) is 5.56 Å². The molecule has 7 heteroatoms. The summed E-state index contributed by atoms with van der Waals surface area (Å²) in [7, 11) is 1.86. The van der Waals surface area contributed by atoms with Gasteiger partial charge in [-0.3, -0.25) is 4.79 Å². The van der Waals surface area contributed by atoms with E-state index in [1.807, 2.05) is 55.8 Å². The first-order valence-corrected chi connectivity index (χ1v) is 8.85. The van der Waals surface area contributed by atoms with Crippen LogP contribution in [0.4, 0.5) is 0 Å². The average Bonchev–Trinajstić information content (AvgIpc) is 3.24. The van der Waals surface area contributed by atoms with Gasteiger partial charge < -0.3 is 14.3 Å². The van der Waals surface area contributed by atoms with Crippen LogP contribution in [0.25, 0.3) is 11.6 Å². The van der Waals surface area contributed by atoms with Crippen molar-refractivity contribution in [1.82, 2.24) is 20.1 Å². The van der Waals surface area contributed by atoms with Crippen molar-refractivity contribution in [2.45, 2.75) is 30.8 Å². The molecule has 0 aliphatic rings. The maximum Gasteiger partial charge on any atom is 0.233 e. The first-order valence-electron chi connectivity index (χ1n) is 7.98. The van der Waals surface area contributed by atoms with E-state index in [0.29, 0.717) is 23.3 Å². The summed E-state index contributed by atoms with van der Waals surface area (Å²) in [6.45, 7) is 4.41. The summed E-state index contributed by atoms with van der Waals surface area (Å²) in [4.78, 5) is 12.3. The minimum absolute atomic E-state index is 0.0341. The number of rotatable bonds is 6. The van der Waals surface area contributed by atoms with Crippen LogP contribution >= 0.6 is 11.8 Å². The number of carbonyl (C=O) groups excluding carboxylic acids is 1. The molecule has 0 aliphatic carbocycles. The van der Waals surface area contributed by atoms with Gasteiger partial charge in [-0.25, -0.2) is 0 Å². The summed E-state index contributed by atoms with van der Waals surface area (Å²) in [5.41, 5.74) is 2.28. The summed E-state index contributed by atoms with van der Waals surface area (Å²) in [6, 6.07) is 11.7. The molecule has 1 aromatic carbocycles. The SMILES string of the molecule is Cc1ccc(CNC(=O)[C@H](C)Sc2nnc(-c3ccco3)n2C)cc1. The molecule has 1 atom stereocenters. The number of aryl methyl sites for hydroxylation is 1. The Balaban J connectivity index is 1.59. The molecule has 0 saturated heterocycles. The molecule has 0 unspecified atom stereocenters. The number of carbonyl (C=O) groups is 1. The summed E-state index contributed by atoms with van der Waals surface area (Å²) in [5.74, 6) is 1.26. The lowest BCUT2D eigenvalue weighted by atomic mass is 10.1. The molecular formula is C18H20N4O2S. The smallest absolute Gasteiger partial charge is 0.233 e. The van der Waals surface area contributed by atoms with Crippen molar-refractivity contribution >= 4 is 17.7 Å². The molecular weight excluding hydrogens is 336 g/mol. The van der Waals surface area contributed by atoms with Crippen LogP contribution in [-0.4, -0.2) is 25.9 Å². The van der Waals surface area contributed by atoms with E-state index < -0.39 is 0 Å².